The fourth-order valence-electron chi connectivity index (χ4n) is 4.05. The molecular formula is C22H28ClN3. The number of halogens is 1. The minimum Gasteiger partial charge on any atom is -0.356 e. The van der Waals surface area contributed by atoms with E-state index in [2.05, 4.69) is 71.3 Å². The van der Waals surface area contributed by atoms with Crippen LogP contribution in [-0.2, 0) is 0 Å². The van der Waals surface area contributed by atoms with Crippen LogP contribution >= 0.6 is 12.4 Å². The van der Waals surface area contributed by atoms with Crippen molar-refractivity contribution in [3.63, 3.8) is 0 Å². The van der Waals surface area contributed by atoms with E-state index in [9.17, 15) is 0 Å². The van der Waals surface area contributed by atoms with Crippen molar-refractivity contribution in [1.29, 1.82) is 0 Å². The minimum absolute atomic E-state index is 0. The molecule has 0 saturated heterocycles. The van der Waals surface area contributed by atoms with Gasteiger partial charge in [-0.3, -0.25) is 0 Å². The fourth-order valence-corrected chi connectivity index (χ4v) is 4.05. The number of nitrogens with one attached hydrogen (secondary N) is 2. The van der Waals surface area contributed by atoms with Gasteiger partial charge in [-0.15, -0.1) is 12.4 Å². The number of guanidine groups is 1. The first-order valence-corrected chi connectivity index (χ1v) is 9.58. The quantitative estimate of drug-likeness (QED) is 0.793. The maximum atomic E-state index is 4.99. The van der Waals surface area contributed by atoms with Crippen LogP contribution in [0.3, 0.4) is 0 Å². The molecular weight excluding hydrogens is 342 g/mol. The summed E-state index contributed by atoms with van der Waals surface area (Å²) in [5.74, 6) is 1.75. The molecule has 1 aliphatic heterocycles. The summed E-state index contributed by atoms with van der Waals surface area (Å²) >= 11 is 0. The highest BCUT2D eigenvalue weighted by atomic mass is 35.5. The van der Waals surface area contributed by atoms with Crippen LogP contribution in [0.5, 0.6) is 0 Å². The number of hydrogen-bond acceptors (Lipinski definition) is 3. The number of hydrogen-bond donors (Lipinski definition) is 2. The fraction of sp³-hybridized carbons (Fsp3) is 0.409. The summed E-state index contributed by atoms with van der Waals surface area (Å²) in [6, 6.07) is 21.6. The van der Waals surface area contributed by atoms with Crippen molar-refractivity contribution in [3.8, 4) is 0 Å². The predicted molar refractivity (Wildman–Crippen MR) is 111 cm³/mol. The molecule has 0 radical (unpaired) electrons. The van der Waals surface area contributed by atoms with E-state index >= 15 is 0 Å². The summed E-state index contributed by atoms with van der Waals surface area (Å²) in [5.41, 5.74) is 2.55. The van der Waals surface area contributed by atoms with Gasteiger partial charge in [0.15, 0.2) is 5.96 Å². The Morgan fingerprint density at radius 2 is 1.46 bits per heavy atom. The Balaban J connectivity index is 0.00000196. The number of benzene rings is 2. The van der Waals surface area contributed by atoms with Crippen LogP contribution in [0.2, 0.25) is 0 Å². The highest BCUT2D eigenvalue weighted by Crippen LogP contribution is 2.35. The smallest absolute Gasteiger partial charge is 0.192 e. The Hall–Kier alpha value is -2.00. The summed E-state index contributed by atoms with van der Waals surface area (Å²) in [4.78, 5) is 4.99. The highest BCUT2D eigenvalue weighted by molar-refractivity contribution is 5.85. The summed E-state index contributed by atoms with van der Waals surface area (Å²) in [6.45, 7) is 1.04. The van der Waals surface area contributed by atoms with Crippen molar-refractivity contribution in [1.82, 2.24) is 10.6 Å². The summed E-state index contributed by atoms with van der Waals surface area (Å²) in [5, 5.41) is 7.22. The molecule has 1 fully saturated rings. The maximum absolute atomic E-state index is 4.99. The second-order valence-corrected chi connectivity index (χ2v) is 7.25. The van der Waals surface area contributed by atoms with E-state index in [1.54, 1.807) is 0 Å². The molecule has 26 heavy (non-hydrogen) atoms. The highest BCUT2D eigenvalue weighted by Gasteiger charge is 2.31. The Bertz CT molecular complexity index is 696. The zero-order chi connectivity index (χ0) is 16.9. The van der Waals surface area contributed by atoms with Crippen molar-refractivity contribution in [2.24, 2.45) is 10.9 Å². The van der Waals surface area contributed by atoms with Gasteiger partial charge in [0.1, 0.15) is 6.04 Å². The van der Waals surface area contributed by atoms with Crippen LogP contribution in [0.25, 0.3) is 0 Å². The van der Waals surface area contributed by atoms with Gasteiger partial charge in [0.05, 0.1) is 6.04 Å². The number of rotatable bonds is 4. The molecule has 138 valence electrons. The molecule has 0 bridgehead atoms. The van der Waals surface area contributed by atoms with Gasteiger partial charge in [0, 0.05) is 6.54 Å². The Morgan fingerprint density at radius 1 is 0.846 bits per heavy atom. The molecule has 2 aromatic carbocycles. The van der Waals surface area contributed by atoms with Gasteiger partial charge in [-0.25, -0.2) is 4.99 Å². The van der Waals surface area contributed by atoms with E-state index in [1.807, 2.05) is 0 Å². The topological polar surface area (TPSA) is 36.4 Å². The molecule has 3 nitrogen and oxygen atoms in total. The van der Waals surface area contributed by atoms with Crippen LogP contribution in [0.1, 0.15) is 55.3 Å². The Kier molecular flexibility index (Phi) is 6.56. The lowest BCUT2D eigenvalue weighted by Gasteiger charge is -2.23. The van der Waals surface area contributed by atoms with Gasteiger partial charge in [-0.2, -0.15) is 0 Å². The third-order valence-electron chi connectivity index (χ3n) is 5.46. The van der Waals surface area contributed by atoms with Crippen molar-refractivity contribution >= 4 is 18.4 Å². The van der Waals surface area contributed by atoms with E-state index in [0.29, 0.717) is 0 Å². The molecule has 2 aliphatic rings. The van der Waals surface area contributed by atoms with E-state index in [0.717, 1.165) is 18.4 Å². The SMILES string of the molecule is Cl.c1ccc(C2N=C(NCC3CCCCC3)NC2c2ccccc2)cc1. The van der Waals surface area contributed by atoms with Crippen molar-refractivity contribution in [3.05, 3.63) is 71.8 Å². The summed E-state index contributed by atoms with van der Waals surface area (Å²) in [7, 11) is 0. The molecule has 0 aromatic heterocycles. The summed E-state index contributed by atoms with van der Waals surface area (Å²) in [6.07, 6.45) is 6.87. The van der Waals surface area contributed by atoms with Crippen molar-refractivity contribution in [2.45, 2.75) is 44.2 Å². The lowest BCUT2D eigenvalue weighted by Crippen LogP contribution is -2.38. The first-order chi connectivity index (χ1) is 12.4. The molecule has 4 heteroatoms. The monoisotopic (exact) mass is 369 g/mol. The van der Waals surface area contributed by atoms with E-state index < -0.39 is 0 Å². The molecule has 2 aromatic rings. The van der Waals surface area contributed by atoms with E-state index in [4.69, 9.17) is 4.99 Å². The van der Waals surface area contributed by atoms with Gasteiger partial charge in [-0.05, 0) is 29.9 Å². The van der Waals surface area contributed by atoms with Gasteiger partial charge >= 0.3 is 0 Å². The van der Waals surface area contributed by atoms with Crippen molar-refractivity contribution in [2.75, 3.05) is 6.54 Å². The van der Waals surface area contributed by atoms with Crippen LogP contribution in [0.15, 0.2) is 65.7 Å². The standard InChI is InChI=1S/C22H27N3.ClH/c1-4-10-17(11-5-1)16-23-22-24-20(18-12-6-2-7-13-18)21(25-22)19-14-8-3-9-15-19;/h2-3,6-9,12-15,17,20-21H,1,4-5,10-11,16H2,(H2,23,24,25);1H. The molecule has 2 unspecified atom stereocenters. The first kappa shape index (κ1) is 18.8. The van der Waals surface area contributed by atoms with Crippen molar-refractivity contribution < 1.29 is 0 Å². The largest absolute Gasteiger partial charge is 0.356 e. The molecule has 2 N–H and O–H groups in total. The van der Waals surface area contributed by atoms with E-state index in [1.165, 1.54) is 43.2 Å². The van der Waals surface area contributed by atoms with Crippen LogP contribution < -0.4 is 10.6 Å². The maximum Gasteiger partial charge on any atom is 0.192 e. The molecule has 1 saturated carbocycles. The zero-order valence-electron chi connectivity index (χ0n) is 15.1. The van der Waals surface area contributed by atoms with E-state index in [-0.39, 0.29) is 24.5 Å². The van der Waals surface area contributed by atoms with Gasteiger partial charge in [0.25, 0.3) is 0 Å². The third-order valence-corrected chi connectivity index (χ3v) is 5.46. The molecule has 1 aliphatic carbocycles. The molecule has 1 heterocycles. The first-order valence-electron chi connectivity index (χ1n) is 9.58. The Labute approximate surface area is 162 Å². The molecule has 2 atom stereocenters. The molecule has 4 rings (SSSR count). The second-order valence-electron chi connectivity index (χ2n) is 7.25. The number of aliphatic imine (C=N–C) groups is 1. The van der Waals surface area contributed by atoms with Crippen LogP contribution in [0.4, 0.5) is 0 Å². The third kappa shape index (κ3) is 4.39. The lowest BCUT2D eigenvalue weighted by molar-refractivity contribution is 0.356. The zero-order valence-corrected chi connectivity index (χ0v) is 15.9. The minimum atomic E-state index is 0. The second kappa shape index (κ2) is 9.09. The summed E-state index contributed by atoms with van der Waals surface area (Å²) < 4.78 is 0. The Morgan fingerprint density at radius 3 is 2.12 bits per heavy atom. The van der Waals surface area contributed by atoms with Crippen LogP contribution in [0, 0.1) is 5.92 Å². The molecule has 0 amide bonds. The average Bonchev–Trinajstić information content (AvgIpc) is 3.13. The normalized spacial score (nSPS) is 22.8. The molecule has 0 spiro atoms. The van der Waals surface area contributed by atoms with Gasteiger partial charge in [0.2, 0.25) is 0 Å². The van der Waals surface area contributed by atoms with Gasteiger partial charge in [-0.1, -0.05) is 79.9 Å². The lowest BCUT2D eigenvalue weighted by atomic mass is 9.89. The van der Waals surface area contributed by atoms with Crippen LogP contribution in [-0.4, -0.2) is 12.5 Å². The van der Waals surface area contributed by atoms with Gasteiger partial charge < -0.3 is 10.6 Å². The predicted octanol–water partition coefficient (Wildman–Crippen LogP) is 5.02. The average molecular weight is 370 g/mol. The number of nitrogens with zero attached hydrogens (tertiary/aromatic N) is 1.